The van der Waals surface area contributed by atoms with Crippen molar-refractivity contribution in [1.29, 1.82) is 0 Å². The minimum Gasteiger partial charge on any atom is -0.385 e. The van der Waals surface area contributed by atoms with Crippen LogP contribution >= 0.6 is 35.7 Å². The number of piperidine rings is 1. The third kappa shape index (κ3) is 9.45. The van der Waals surface area contributed by atoms with Crippen molar-refractivity contribution in [2.24, 2.45) is 4.99 Å². The van der Waals surface area contributed by atoms with Gasteiger partial charge < -0.3 is 20.3 Å². The van der Waals surface area contributed by atoms with E-state index in [2.05, 4.69) is 20.5 Å². The zero-order valence-corrected chi connectivity index (χ0v) is 19.4. The lowest BCUT2D eigenvalue weighted by Crippen LogP contribution is -2.49. The molecule has 0 aliphatic carbocycles. The zero-order valence-electron chi connectivity index (χ0n) is 16.2. The van der Waals surface area contributed by atoms with Crippen molar-refractivity contribution in [2.75, 3.05) is 52.7 Å². The van der Waals surface area contributed by atoms with Crippen LogP contribution in [0.1, 0.15) is 19.3 Å². The first kappa shape index (κ1) is 24.5. The molecule has 1 aliphatic heterocycles. The topological polar surface area (TPSA) is 48.9 Å². The Morgan fingerprint density at radius 3 is 2.74 bits per heavy atom. The molecule has 0 bridgehead atoms. The van der Waals surface area contributed by atoms with E-state index in [0.29, 0.717) is 10.9 Å². The van der Waals surface area contributed by atoms with Gasteiger partial charge in [-0.25, -0.2) is 4.39 Å². The summed E-state index contributed by atoms with van der Waals surface area (Å²) in [6, 6.07) is 7.35. The molecule has 1 aromatic rings. The lowest BCUT2D eigenvalue weighted by Gasteiger charge is -2.33. The summed E-state index contributed by atoms with van der Waals surface area (Å²) in [5, 5.41) is 6.83. The van der Waals surface area contributed by atoms with Crippen LogP contribution in [0.3, 0.4) is 0 Å². The van der Waals surface area contributed by atoms with Crippen molar-refractivity contribution < 1.29 is 9.13 Å². The Morgan fingerprint density at radius 2 is 2.07 bits per heavy atom. The van der Waals surface area contributed by atoms with E-state index in [4.69, 9.17) is 4.74 Å². The number of benzene rings is 1. The van der Waals surface area contributed by atoms with Crippen LogP contribution in [0, 0.1) is 5.82 Å². The maximum Gasteiger partial charge on any atom is 0.191 e. The fourth-order valence-corrected chi connectivity index (χ4v) is 3.82. The Labute approximate surface area is 183 Å². The number of halogens is 2. The molecule has 1 aromatic carbocycles. The Morgan fingerprint density at radius 1 is 1.33 bits per heavy atom. The largest absolute Gasteiger partial charge is 0.385 e. The third-order valence-electron chi connectivity index (χ3n) is 4.46. The van der Waals surface area contributed by atoms with Crippen molar-refractivity contribution in [3.05, 3.63) is 30.1 Å². The van der Waals surface area contributed by atoms with E-state index in [1.807, 2.05) is 12.1 Å². The second kappa shape index (κ2) is 14.4. The van der Waals surface area contributed by atoms with E-state index in [9.17, 15) is 4.39 Å². The Bertz CT molecular complexity index is 556. The van der Waals surface area contributed by atoms with Crippen LogP contribution in [0.4, 0.5) is 4.39 Å². The first-order valence-corrected chi connectivity index (χ1v) is 10.3. The van der Waals surface area contributed by atoms with Gasteiger partial charge in [0.05, 0.1) is 0 Å². The standard InChI is InChI=1S/C19H31FN4OS.HI/c1-21-19(22-10-15-26-18-7-4-3-6-17(18)20)23-16-8-12-24(13-9-16)11-5-14-25-2;/h3-4,6-7,16H,5,8-15H2,1-2H3,(H2,21,22,23);1H. The summed E-state index contributed by atoms with van der Waals surface area (Å²) in [5.74, 6) is 1.47. The molecule has 1 aliphatic rings. The Kier molecular flexibility index (Phi) is 13.1. The number of aliphatic imine (C=N–C) groups is 1. The van der Waals surface area contributed by atoms with Crippen LogP contribution in [0.25, 0.3) is 0 Å². The highest BCUT2D eigenvalue weighted by atomic mass is 127. The van der Waals surface area contributed by atoms with E-state index in [1.54, 1.807) is 20.2 Å². The third-order valence-corrected chi connectivity index (χ3v) is 5.51. The van der Waals surface area contributed by atoms with E-state index in [0.717, 1.165) is 63.8 Å². The highest BCUT2D eigenvalue weighted by Gasteiger charge is 2.19. The van der Waals surface area contributed by atoms with Crippen LogP contribution in [-0.2, 0) is 4.74 Å². The predicted molar refractivity (Wildman–Crippen MR) is 123 cm³/mol. The van der Waals surface area contributed by atoms with Gasteiger partial charge in [0.15, 0.2) is 5.96 Å². The van der Waals surface area contributed by atoms with Gasteiger partial charge in [0.1, 0.15) is 5.82 Å². The molecular weight excluding hydrogens is 478 g/mol. The molecule has 1 saturated heterocycles. The molecule has 2 N–H and O–H groups in total. The fourth-order valence-electron chi connectivity index (χ4n) is 3.01. The minimum absolute atomic E-state index is 0. The lowest BCUT2D eigenvalue weighted by molar-refractivity contribution is 0.155. The summed E-state index contributed by atoms with van der Waals surface area (Å²) in [6.45, 7) is 4.91. The van der Waals surface area contributed by atoms with Crippen LogP contribution < -0.4 is 10.6 Å². The number of nitrogens with one attached hydrogen (secondary N) is 2. The number of hydrogen-bond donors (Lipinski definition) is 2. The van der Waals surface area contributed by atoms with Gasteiger partial charge in [-0.1, -0.05) is 12.1 Å². The average Bonchev–Trinajstić information content (AvgIpc) is 2.67. The number of rotatable bonds is 9. The quantitative estimate of drug-likeness (QED) is 0.176. The van der Waals surface area contributed by atoms with E-state index < -0.39 is 0 Å². The van der Waals surface area contributed by atoms with Crippen molar-refractivity contribution in [1.82, 2.24) is 15.5 Å². The first-order chi connectivity index (χ1) is 12.7. The molecule has 0 spiro atoms. The van der Waals surface area contributed by atoms with Gasteiger partial charge >= 0.3 is 0 Å². The zero-order chi connectivity index (χ0) is 18.6. The molecule has 0 saturated carbocycles. The number of thioether (sulfide) groups is 1. The van der Waals surface area contributed by atoms with Crippen LogP contribution in [-0.4, -0.2) is 69.6 Å². The molecule has 0 atom stereocenters. The maximum atomic E-state index is 13.6. The molecule has 1 fully saturated rings. The fraction of sp³-hybridized carbons (Fsp3) is 0.632. The molecule has 0 amide bonds. The number of likely N-dealkylation sites (tertiary alicyclic amines) is 1. The normalized spacial score (nSPS) is 16.0. The number of nitrogens with zero attached hydrogens (tertiary/aromatic N) is 2. The van der Waals surface area contributed by atoms with Crippen molar-refractivity contribution >= 4 is 41.7 Å². The number of guanidine groups is 1. The summed E-state index contributed by atoms with van der Waals surface area (Å²) in [6.07, 6.45) is 3.34. The smallest absolute Gasteiger partial charge is 0.191 e. The minimum atomic E-state index is -0.155. The van der Waals surface area contributed by atoms with Gasteiger partial charge in [0.2, 0.25) is 0 Å². The Balaban J connectivity index is 0.00000364. The number of ether oxygens (including phenoxy) is 1. The van der Waals surface area contributed by atoms with E-state index in [1.165, 1.54) is 17.8 Å². The Hall–Kier alpha value is -0.580. The summed E-state index contributed by atoms with van der Waals surface area (Å²) in [5.41, 5.74) is 0. The van der Waals surface area contributed by atoms with E-state index >= 15 is 0 Å². The number of hydrogen-bond acceptors (Lipinski definition) is 4. The van der Waals surface area contributed by atoms with Gasteiger partial charge in [-0.2, -0.15) is 0 Å². The molecule has 0 unspecified atom stereocenters. The first-order valence-electron chi connectivity index (χ1n) is 9.28. The summed E-state index contributed by atoms with van der Waals surface area (Å²) in [7, 11) is 3.54. The highest BCUT2D eigenvalue weighted by molar-refractivity contribution is 14.0. The van der Waals surface area contributed by atoms with Crippen molar-refractivity contribution in [3.63, 3.8) is 0 Å². The molecule has 5 nitrogen and oxygen atoms in total. The van der Waals surface area contributed by atoms with Gasteiger partial charge in [0, 0.05) is 63.6 Å². The monoisotopic (exact) mass is 510 g/mol. The van der Waals surface area contributed by atoms with Crippen molar-refractivity contribution in [2.45, 2.75) is 30.2 Å². The molecule has 0 radical (unpaired) electrons. The molecule has 0 aromatic heterocycles. The van der Waals surface area contributed by atoms with Crippen LogP contribution in [0.15, 0.2) is 34.2 Å². The SMILES string of the molecule is CN=C(NCCSc1ccccc1F)NC1CCN(CCCOC)CC1.I. The molecule has 154 valence electrons. The maximum absolute atomic E-state index is 13.6. The lowest BCUT2D eigenvalue weighted by atomic mass is 10.1. The number of methoxy groups -OCH3 is 1. The molecule has 27 heavy (non-hydrogen) atoms. The van der Waals surface area contributed by atoms with E-state index in [-0.39, 0.29) is 29.8 Å². The average molecular weight is 510 g/mol. The second-order valence-corrected chi connectivity index (χ2v) is 7.52. The molecule has 8 heteroatoms. The summed E-state index contributed by atoms with van der Waals surface area (Å²) < 4.78 is 18.7. The molecule has 2 rings (SSSR count). The van der Waals surface area contributed by atoms with Gasteiger partial charge in [-0.3, -0.25) is 4.99 Å². The van der Waals surface area contributed by atoms with Crippen LogP contribution in [0.5, 0.6) is 0 Å². The second-order valence-electron chi connectivity index (χ2n) is 6.38. The summed E-state index contributed by atoms with van der Waals surface area (Å²) >= 11 is 1.52. The van der Waals surface area contributed by atoms with Crippen LogP contribution in [0.2, 0.25) is 0 Å². The van der Waals surface area contributed by atoms with Gasteiger partial charge in [-0.05, 0) is 31.4 Å². The van der Waals surface area contributed by atoms with Crippen molar-refractivity contribution in [3.8, 4) is 0 Å². The predicted octanol–water partition coefficient (Wildman–Crippen LogP) is 3.20. The van der Waals surface area contributed by atoms with Gasteiger partial charge in [0.25, 0.3) is 0 Å². The molecule has 1 heterocycles. The van der Waals surface area contributed by atoms with Gasteiger partial charge in [-0.15, -0.1) is 35.7 Å². The highest BCUT2D eigenvalue weighted by Crippen LogP contribution is 2.20. The molecular formula is C19H32FIN4OS. The summed E-state index contributed by atoms with van der Waals surface area (Å²) in [4.78, 5) is 7.50.